The summed E-state index contributed by atoms with van der Waals surface area (Å²) in [6.45, 7) is 7.81. The Balaban J connectivity index is 0.00000529. The van der Waals surface area contributed by atoms with Crippen molar-refractivity contribution in [1.82, 2.24) is 15.4 Å². The Morgan fingerprint density at radius 1 is 1.33 bits per heavy atom. The van der Waals surface area contributed by atoms with Crippen LogP contribution in [0.5, 0.6) is 0 Å². The van der Waals surface area contributed by atoms with Gasteiger partial charge in [0.05, 0.1) is 12.1 Å². The van der Waals surface area contributed by atoms with Crippen LogP contribution in [0.3, 0.4) is 0 Å². The van der Waals surface area contributed by atoms with Crippen LogP contribution < -0.4 is 15.4 Å². The second kappa shape index (κ2) is 11.2. The van der Waals surface area contributed by atoms with Gasteiger partial charge in [-0.05, 0) is 32.2 Å². The number of sulfonamides is 1. The topological polar surface area (TPSA) is 91.8 Å². The number of hydrogen-bond acceptors (Lipinski definition) is 5. The summed E-state index contributed by atoms with van der Waals surface area (Å²) < 4.78 is 32.1. The highest BCUT2D eigenvalue weighted by Gasteiger charge is 2.16. The monoisotopic (exact) mass is 490 g/mol. The molecule has 0 radical (unpaired) electrons. The van der Waals surface area contributed by atoms with Crippen molar-refractivity contribution >= 4 is 51.3 Å². The number of halogens is 1. The van der Waals surface area contributed by atoms with Crippen LogP contribution >= 0.6 is 35.3 Å². The lowest BCUT2D eigenvalue weighted by molar-refractivity contribution is 0.0310. The van der Waals surface area contributed by atoms with Crippen LogP contribution in [-0.4, -0.2) is 53.3 Å². The number of rotatable bonds is 9. The molecule has 0 saturated heterocycles. The summed E-state index contributed by atoms with van der Waals surface area (Å²) in [5.41, 5.74) is -0.344. The van der Waals surface area contributed by atoms with E-state index in [1.54, 1.807) is 24.6 Å². The maximum atomic E-state index is 12.0. The third-order valence-corrected chi connectivity index (χ3v) is 5.84. The first-order chi connectivity index (χ1) is 10.8. The zero-order valence-corrected chi connectivity index (χ0v) is 18.4. The van der Waals surface area contributed by atoms with E-state index in [2.05, 4.69) is 20.3 Å². The van der Waals surface area contributed by atoms with E-state index in [-0.39, 0.29) is 36.1 Å². The van der Waals surface area contributed by atoms with Crippen molar-refractivity contribution in [2.75, 3.05) is 33.3 Å². The molecule has 0 unspecified atom stereocenters. The maximum absolute atomic E-state index is 12.0. The highest BCUT2D eigenvalue weighted by Crippen LogP contribution is 2.14. The van der Waals surface area contributed by atoms with Crippen molar-refractivity contribution in [3.05, 3.63) is 17.5 Å². The summed E-state index contributed by atoms with van der Waals surface area (Å²) in [7, 11) is -1.77. The van der Waals surface area contributed by atoms with Crippen LogP contribution in [0.15, 0.2) is 26.7 Å². The van der Waals surface area contributed by atoms with E-state index >= 15 is 0 Å². The molecule has 24 heavy (non-hydrogen) atoms. The lowest BCUT2D eigenvalue weighted by Gasteiger charge is -2.21. The minimum atomic E-state index is -3.42. The first kappa shape index (κ1) is 23.6. The highest BCUT2D eigenvalue weighted by molar-refractivity contribution is 14.0. The minimum Gasteiger partial charge on any atom is -0.377 e. The Morgan fingerprint density at radius 2 is 2.04 bits per heavy atom. The van der Waals surface area contributed by atoms with Gasteiger partial charge in [0, 0.05) is 26.7 Å². The van der Waals surface area contributed by atoms with Crippen LogP contribution in [0.4, 0.5) is 0 Å². The molecule has 0 fully saturated rings. The molecule has 0 aliphatic rings. The van der Waals surface area contributed by atoms with Gasteiger partial charge in [-0.25, -0.2) is 13.1 Å². The van der Waals surface area contributed by atoms with Gasteiger partial charge in [0.25, 0.3) is 0 Å². The molecule has 0 atom stereocenters. The number of methoxy groups -OCH3 is 1. The van der Waals surface area contributed by atoms with E-state index in [1.807, 2.05) is 20.8 Å². The fraction of sp³-hybridized carbons (Fsp3) is 0.643. The number of hydrogen-bond donors (Lipinski definition) is 3. The smallest absolute Gasteiger partial charge is 0.250 e. The van der Waals surface area contributed by atoms with Crippen LogP contribution in [0.1, 0.15) is 20.8 Å². The fourth-order valence-corrected chi connectivity index (χ4v) is 3.60. The summed E-state index contributed by atoms with van der Waals surface area (Å²) in [6, 6.07) is 3.30. The van der Waals surface area contributed by atoms with Crippen LogP contribution in [-0.2, 0) is 14.8 Å². The molecule has 1 aromatic heterocycles. The number of aliphatic imine (C=N–C) groups is 1. The minimum absolute atomic E-state index is 0. The van der Waals surface area contributed by atoms with Gasteiger partial charge >= 0.3 is 0 Å². The van der Waals surface area contributed by atoms with Gasteiger partial charge in [0.2, 0.25) is 10.0 Å². The second-order valence-corrected chi connectivity index (χ2v) is 8.36. The van der Waals surface area contributed by atoms with Gasteiger partial charge in [0.1, 0.15) is 4.21 Å². The number of ether oxygens (including phenoxy) is 1. The van der Waals surface area contributed by atoms with Gasteiger partial charge in [-0.15, -0.1) is 35.3 Å². The summed E-state index contributed by atoms with van der Waals surface area (Å²) >= 11 is 1.19. The summed E-state index contributed by atoms with van der Waals surface area (Å²) in [5.74, 6) is 0.632. The van der Waals surface area contributed by atoms with Gasteiger partial charge in [-0.1, -0.05) is 6.07 Å². The lowest BCUT2D eigenvalue weighted by Crippen LogP contribution is -2.42. The van der Waals surface area contributed by atoms with E-state index in [4.69, 9.17) is 4.74 Å². The van der Waals surface area contributed by atoms with Crippen molar-refractivity contribution in [2.45, 2.75) is 30.6 Å². The zero-order valence-electron chi connectivity index (χ0n) is 14.5. The molecule has 3 N–H and O–H groups in total. The third kappa shape index (κ3) is 8.60. The van der Waals surface area contributed by atoms with Gasteiger partial charge in [-0.3, -0.25) is 4.99 Å². The quantitative estimate of drug-likeness (QED) is 0.212. The largest absolute Gasteiger partial charge is 0.377 e. The Labute approximate surface area is 165 Å². The summed E-state index contributed by atoms with van der Waals surface area (Å²) in [6.07, 6.45) is 0. The number of thiophene rings is 1. The zero-order chi connectivity index (χ0) is 17.3. The molecule has 0 aliphatic heterocycles. The Hall–Kier alpha value is -0.430. The predicted molar refractivity (Wildman–Crippen MR) is 110 cm³/mol. The molecule has 0 aliphatic carbocycles. The van der Waals surface area contributed by atoms with Gasteiger partial charge < -0.3 is 15.4 Å². The van der Waals surface area contributed by atoms with Crippen molar-refractivity contribution < 1.29 is 13.2 Å². The Bertz CT molecular complexity index is 589. The van der Waals surface area contributed by atoms with E-state index in [9.17, 15) is 8.42 Å². The van der Waals surface area contributed by atoms with Crippen molar-refractivity contribution in [2.24, 2.45) is 4.99 Å². The van der Waals surface area contributed by atoms with E-state index in [0.717, 1.165) is 6.54 Å². The standard InChI is InChI=1S/C14H26N4O3S2.HI/c1-5-15-13(17-11-14(2,3)21-4)16-8-9-18-23(19,20)12-7-6-10-22-12;/h6-7,10,18H,5,8-9,11H2,1-4H3,(H2,15,16,17);1H. The van der Waals surface area contributed by atoms with Crippen LogP contribution in [0.2, 0.25) is 0 Å². The molecule has 0 saturated carbocycles. The molecule has 7 nitrogen and oxygen atoms in total. The molecule has 140 valence electrons. The molecule has 0 aromatic carbocycles. The average molecular weight is 490 g/mol. The molecular formula is C14H27IN4O3S2. The van der Waals surface area contributed by atoms with E-state index < -0.39 is 10.0 Å². The van der Waals surface area contributed by atoms with E-state index in [1.165, 1.54) is 11.3 Å². The maximum Gasteiger partial charge on any atom is 0.250 e. The molecule has 1 rings (SSSR count). The molecule has 10 heteroatoms. The molecule has 1 heterocycles. The molecule has 0 bridgehead atoms. The molecule has 0 amide bonds. The van der Waals surface area contributed by atoms with Crippen LogP contribution in [0.25, 0.3) is 0 Å². The van der Waals surface area contributed by atoms with Gasteiger partial charge in [0.15, 0.2) is 5.96 Å². The lowest BCUT2D eigenvalue weighted by atomic mass is 10.1. The average Bonchev–Trinajstić information content (AvgIpc) is 3.04. The van der Waals surface area contributed by atoms with Crippen molar-refractivity contribution in [3.63, 3.8) is 0 Å². The number of nitrogens with one attached hydrogen (secondary N) is 3. The molecule has 0 spiro atoms. The third-order valence-electron chi connectivity index (χ3n) is 2.98. The van der Waals surface area contributed by atoms with Crippen molar-refractivity contribution in [3.8, 4) is 0 Å². The summed E-state index contributed by atoms with van der Waals surface area (Å²) in [4.78, 5) is 4.43. The first-order valence-corrected chi connectivity index (χ1v) is 9.77. The van der Waals surface area contributed by atoms with E-state index in [0.29, 0.717) is 23.3 Å². The Morgan fingerprint density at radius 3 is 2.58 bits per heavy atom. The van der Waals surface area contributed by atoms with Gasteiger partial charge in [-0.2, -0.15) is 0 Å². The van der Waals surface area contributed by atoms with Crippen LogP contribution in [0, 0.1) is 0 Å². The first-order valence-electron chi connectivity index (χ1n) is 7.41. The highest BCUT2D eigenvalue weighted by atomic mass is 127. The molecular weight excluding hydrogens is 463 g/mol. The summed E-state index contributed by atoms with van der Waals surface area (Å²) in [5, 5.41) is 7.94. The number of guanidine groups is 1. The predicted octanol–water partition coefficient (Wildman–Crippen LogP) is 1.62. The van der Waals surface area contributed by atoms with Crippen molar-refractivity contribution in [1.29, 1.82) is 0 Å². The fourth-order valence-electron chi connectivity index (χ4n) is 1.53. The SMILES string of the molecule is CCNC(=NCC(C)(C)OC)NCCNS(=O)(=O)c1cccs1.I. The second-order valence-electron chi connectivity index (χ2n) is 5.42. The number of nitrogens with zero attached hydrogens (tertiary/aromatic N) is 1. The molecule has 1 aromatic rings. The normalized spacial score (nSPS) is 12.6. The Kier molecular flexibility index (Phi) is 11.0.